The number of amides is 1. The number of primary amides is 1. The summed E-state index contributed by atoms with van der Waals surface area (Å²) in [5, 5.41) is 20.3. The Morgan fingerprint density at radius 1 is 1.39 bits per heavy atom. The molecular weight excluding hydrogens is 419 g/mol. The first-order chi connectivity index (χ1) is 10.9. The van der Waals surface area contributed by atoms with Gasteiger partial charge >= 0.3 is 0 Å². The van der Waals surface area contributed by atoms with Gasteiger partial charge in [0.1, 0.15) is 17.7 Å². The van der Waals surface area contributed by atoms with Crippen molar-refractivity contribution in [2.75, 3.05) is 5.73 Å². The second kappa shape index (κ2) is 6.14. The van der Waals surface area contributed by atoms with Crippen LogP contribution in [0.15, 0.2) is 6.33 Å². The smallest absolute Gasteiger partial charge is 0.217 e. The highest BCUT2D eigenvalue weighted by molar-refractivity contribution is 14.1. The van der Waals surface area contributed by atoms with Gasteiger partial charge in [-0.3, -0.25) is 9.36 Å². The third kappa shape index (κ3) is 2.96. The Hall–Kier alpha value is -1.57. The second-order valence-electron chi connectivity index (χ2n) is 5.25. The Bertz CT molecular complexity index is 752. The molecule has 4 atom stereocenters. The fourth-order valence-corrected chi connectivity index (χ4v) is 3.07. The molecule has 0 unspecified atom stereocenters. The lowest BCUT2D eigenvalue weighted by Crippen LogP contribution is -2.32. The molecule has 0 radical (unpaired) electrons. The molecule has 0 aromatic carbocycles. The third-order valence-electron chi connectivity index (χ3n) is 3.71. The first-order valence-corrected chi connectivity index (χ1v) is 7.92. The van der Waals surface area contributed by atoms with Gasteiger partial charge in [-0.05, 0) is 6.42 Å². The van der Waals surface area contributed by atoms with Gasteiger partial charge in [0.15, 0.2) is 21.5 Å². The van der Waals surface area contributed by atoms with E-state index in [2.05, 4.69) is 15.0 Å². The quantitative estimate of drug-likeness (QED) is 0.348. The number of hydrogen-bond acceptors (Lipinski definition) is 8. The molecule has 124 valence electrons. The molecule has 1 saturated heterocycles. The minimum absolute atomic E-state index is 0.0544. The van der Waals surface area contributed by atoms with E-state index < -0.39 is 30.4 Å². The maximum atomic E-state index is 10.9. The average Bonchev–Trinajstić information content (AvgIpc) is 3.00. The number of aromatic nitrogens is 4. The number of nitrogen functional groups attached to an aromatic ring is 1. The summed E-state index contributed by atoms with van der Waals surface area (Å²) in [4.78, 5) is 23.3. The standard InChI is InChI=1S/C12H15IN6O4/c13-12-17-9(15)6-10(18-12)19(3-16-6)11-8(22)7(21)4(23-11)1-2-5(14)20/h3-4,7-8,11,21-22H,1-2H2,(H2,14,20)(H2,15,17,18)/t4-,7-,8+,11+/m0/s1. The lowest BCUT2D eigenvalue weighted by molar-refractivity contribution is -0.119. The Balaban J connectivity index is 1.91. The zero-order valence-electron chi connectivity index (χ0n) is 11.8. The van der Waals surface area contributed by atoms with E-state index in [0.717, 1.165) is 0 Å². The van der Waals surface area contributed by atoms with Gasteiger partial charge in [-0.15, -0.1) is 0 Å². The van der Waals surface area contributed by atoms with Crippen molar-refractivity contribution in [1.82, 2.24) is 19.5 Å². The molecule has 2 aromatic heterocycles. The molecule has 6 N–H and O–H groups in total. The fraction of sp³-hybridized carbons (Fsp3) is 0.500. The van der Waals surface area contributed by atoms with Gasteiger partial charge in [-0.2, -0.15) is 0 Å². The lowest BCUT2D eigenvalue weighted by atomic mass is 10.1. The van der Waals surface area contributed by atoms with Gasteiger partial charge in [0.25, 0.3) is 0 Å². The van der Waals surface area contributed by atoms with E-state index in [1.165, 1.54) is 10.9 Å². The number of carbonyl (C=O) groups excluding carboxylic acids is 1. The van der Waals surface area contributed by atoms with Crippen molar-refractivity contribution in [2.45, 2.75) is 37.4 Å². The number of aliphatic hydroxyl groups excluding tert-OH is 2. The molecule has 23 heavy (non-hydrogen) atoms. The van der Waals surface area contributed by atoms with Crippen LogP contribution in [0.25, 0.3) is 11.2 Å². The monoisotopic (exact) mass is 434 g/mol. The van der Waals surface area contributed by atoms with Crippen LogP contribution in [0.5, 0.6) is 0 Å². The second-order valence-corrected chi connectivity index (χ2v) is 6.22. The summed E-state index contributed by atoms with van der Waals surface area (Å²) in [5.41, 5.74) is 11.7. The molecule has 1 aliphatic rings. The van der Waals surface area contributed by atoms with E-state index >= 15 is 0 Å². The van der Waals surface area contributed by atoms with Crippen LogP contribution in [0.4, 0.5) is 5.82 Å². The van der Waals surface area contributed by atoms with Crippen LogP contribution in [-0.2, 0) is 9.53 Å². The summed E-state index contributed by atoms with van der Waals surface area (Å²) < 4.78 is 7.60. The number of carbonyl (C=O) groups is 1. The van der Waals surface area contributed by atoms with E-state index in [1.807, 2.05) is 22.6 Å². The van der Waals surface area contributed by atoms with E-state index in [0.29, 0.717) is 15.0 Å². The van der Waals surface area contributed by atoms with Crippen LogP contribution in [-0.4, -0.2) is 54.0 Å². The van der Waals surface area contributed by atoms with Crippen molar-refractivity contribution in [1.29, 1.82) is 0 Å². The molecule has 0 spiro atoms. The van der Waals surface area contributed by atoms with Crippen LogP contribution in [0, 0.1) is 3.83 Å². The summed E-state index contributed by atoms with van der Waals surface area (Å²) in [6.07, 6.45) is -2.25. The number of hydrogen-bond donors (Lipinski definition) is 4. The Morgan fingerprint density at radius 2 is 2.13 bits per heavy atom. The zero-order chi connectivity index (χ0) is 16.7. The van der Waals surface area contributed by atoms with Gasteiger partial charge in [-0.25, -0.2) is 15.0 Å². The Labute approximate surface area is 144 Å². The van der Waals surface area contributed by atoms with E-state index in [9.17, 15) is 15.0 Å². The Morgan fingerprint density at radius 3 is 2.83 bits per heavy atom. The van der Waals surface area contributed by atoms with Crippen molar-refractivity contribution >= 4 is 45.5 Å². The zero-order valence-corrected chi connectivity index (χ0v) is 14.0. The first kappa shape index (κ1) is 16.3. The predicted molar refractivity (Wildman–Crippen MR) is 86.8 cm³/mol. The van der Waals surface area contributed by atoms with E-state index in [4.69, 9.17) is 16.2 Å². The molecule has 1 aliphatic heterocycles. The molecule has 1 amide bonds. The highest BCUT2D eigenvalue weighted by Gasteiger charge is 2.44. The number of ether oxygens (including phenoxy) is 1. The predicted octanol–water partition coefficient (Wildman–Crippen LogP) is -1.10. The Kier molecular flexibility index (Phi) is 4.35. The minimum Gasteiger partial charge on any atom is -0.388 e. The van der Waals surface area contributed by atoms with Crippen LogP contribution in [0.3, 0.4) is 0 Å². The number of rotatable bonds is 4. The van der Waals surface area contributed by atoms with Gasteiger partial charge < -0.3 is 26.4 Å². The SMILES string of the molecule is NC(=O)CC[C@@H]1O[C@@H](n2cnc3c(N)nc(I)nc32)[C@H](O)[C@H]1O. The summed E-state index contributed by atoms with van der Waals surface area (Å²) in [6.45, 7) is 0. The van der Waals surface area contributed by atoms with E-state index in [1.54, 1.807) is 0 Å². The number of imidazole rings is 1. The summed E-state index contributed by atoms with van der Waals surface area (Å²) >= 11 is 1.92. The molecule has 2 aromatic rings. The molecule has 10 nitrogen and oxygen atoms in total. The van der Waals surface area contributed by atoms with Gasteiger partial charge in [-0.1, -0.05) is 0 Å². The van der Waals surface area contributed by atoms with Crippen molar-refractivity contribution < 1.29 is 19.7 Å². The van der Waals surface area contributed by atoms with E-state index in [-0.39, 0.29) is 18.7 Å². The largest absolute Gasteiger partial charge is 0.388 e. The number of nitrogens with zero attached hydrogens (tertiary/aromatic N) is 4. The molecule has 0 bridgehead atoms. The first-order valence-electron chi connectivity index (χ1n) is 6.84. The van der Waals surface area contributed by atoms with Gasteiger partial charge in [0, 0.05) is 29.0 Å². The maximum absolute atomic E-state index is 10.9. The number of nitrogens with two attached hydrogens (primary N) is 2. The van der Waals surface area contributed by atoms with Crippen LogP contribution in [0.1, 0.15) is 19.1 Å². The highest BCUT2D eigenvalue weighted by atomic mass is 127. The summed E-state index contributed by atoms with van der Waals surface area (Å²) in [7, 11) is 0. The number of aliphatic hydroxyl groups is 2. The van der Waals surface area contributed by atoms with Crippen molar-refractivity contribution in [2.24, 2.45) is 5.73 Å². The summed E-state index contributed by atoms with van der Waals surface area (Å²) in [6, 6.07) is 0. The number of anilines is 1. The normalized spacial score (nSPS) is 27.6. The topological polar surface area (TPSA) is 162 Å². The molecule has 0 aliphatic carbocycles. The van der Waals surface area contributed by atoms with Gasteiger partial charge in [0.2, 0.25) is 5.91 Å². The van der Waals surface area contributed by atoms with Crippen molar-refractivity contribution in [3.8, 4) is 0 Å². The number of fused-ring (bicyclic) bond motifs is 1. The lowest BCUT2D eigenvalue weighted by Gasteiger charge is -2.16. The van der Waals surface area contributed by atoms with Crippen molar-refractivity contribution in [3.05, 3.63) is 10.2 Å². The minimum atomic E-state index is -1.20. The molecule has 11 heteroatoms. The molecule has 3 heterocycles. The molecule has 0 saturated carbocycles. The molecular formula is C12H15IN6O4. The fourth-order valence-electron chi connectivity index (χ4n) is 2.58. The highest BCUT2D eigenvalue weighted by Crippen LogP contribution is 2.33. The average molecular weight is 434 g/mol. The molecule has 3 rings (SSSR count). The van der Waals surface area contributed by atoms with Gasteiger partial charge in [0.05, 0.1) is 12.4 Å². The maximum Gasteiger partial charge on any atom is 0.217 e. The van der Waals surface area contributed by atoms with Crippen LogP contribution in [0.2, 0.25) is 0 Å². The summed E-state index contributed by atoms with van der Waals surface area (Å²) in [5.74, 6) is -0.279. The van der Waals surface area contributed by atoms with Crippen LogP contribution < -0.4 is 11.5 Å². The third-order valence-corrected chi connectivity index (χ3v) is 4.19. The van der Waals surface area contributed by atoms with Crippen molar-refractivity contribution in [3.63, 3.8) is 0 Å². The molecule has 1 fully saturated rings. The van der Waals surface area contributed by atoms with Crippen LogP contribution >= 0.6 is 22.6 Å². The number of halogens is 1.